The predicted octanol–water partition coefficient (Wildman–Crippen LogP) is 0.842. The van der Waals surface area contributed by atoms with Crippen molar-refractivity contribution in [3.63, 3.8) is 0 Å². The van der Waals surface area contributed by atoms with Crippen molar-refractivity contribution in [2.45, 2.75) is 32.6 Å². The summed E-state index contributed by atoms with van der Waals surface area (Å²) in [7, 11) is 1.57. The largest absolute Gasteiger partial charge is 0.497 e. The van der Waals surface area contributed by atoms with Gasteiger partial charge in [-0.1, -0.05) is 19.1 Å². The van der Waals surface area contributed by atoms with Crippen molar-refractivity contribution in [2.24, 2.45) is 11.8 Å². The molecule has 2 heterocycles. The number of esters is 1. The maximum atomic E-state index is 12.6. The molecule has 7 heteroatoms. The van der Waals surface area contributed by atoms with Gasteiger partial charge in [-0.05, 0) is 30.2 Å². The van der Waals surface area contributed by atoms with Crippen LogP contribution < -0.4 is 4.74 Å². The van der Waals surface area contributed by atoms with E-state index in [-0.39, 0.29) is 36.8 Å². The summed E-state index contributed by atoms with van der Waals surface area (Å²) in [6, 6.07) is 6.79. The molecule has 0 aliphatic carbocycles. The lowest BCUT2D eigenvalue weighted by atomic mass is 9.78. The molecule has 2 aliphatic rings. The number of rotatable bonds is 6. The lowest BCUT2D eigenvalue weighted by molar-refractivity contribution is -0.164. The highest BCUT2D eigenvalue weighted by atomic mass is 16.5. The first-order valence-corrected chi connectivity index (χ1v) is 8.55. The van der Waals surface area contributed by atoms with Gasteiger partial charge in [-0.15, -0.1) is 0 Å². The van der Waals surface area contributed by atoms with Crippen LogP contribution >= 0.6 is 0 Å². The van der Waals surface area contributed by atoms with Crippen molar-refractivity contribution in [2.75, 3.05) is 13.7 Å². The minimum absolute atomic E-state index is 0.0476. The van der Waals surface area contributed by atoms with Crippen LogP contribution in [-0.4, -0.2) is 52.9 Å². The van der Waals surface area contributed by atoms with Gasteiger partial charge < -0.3 is 24.6 Å². The highest BCUT2D eigenvalue weighted by Crippen LogP contribution is 2.47. The number of carbonyl (C=O) groups excluding carboxylic acids is 2. The molecule has 0 bridgehead atoms. The Morgan fingerprint density at radius 2 is 1.96 bits per heavy atom. The Morgan fingerprint density at radius 1 is 1.31 bits per heavy atom. The van der Waals surface area contributed by atoms with E-state index < -0.39 is 18.0 Å². The van der Waals surface area contributed by atoms with Crippen molar-refractivity contribution in [3.8, 4) is 5.75 Å². The maximum absolute atomic E-state index is 12.6. The molecule has 1 saturated heterocycles. The van der Waals surface area contributed by atoms with E-state index in [9.17, 15) is 19.8 Å². The van der Waals surface area contributed by atoms with Gasteiger partial charge in [0.2, 0.25) is 5.91 Å². The van der Waals surface area contributed by atoms with E-state index in [1.54, 1.807) is 38.3 Å². The molecule has 0 spiro atoms. The Labute approximate surface area is 151 Å². The van der Waals surface area contributed by atoms with Gasteiger partial charge in [0.05, 0.1) is 31.8 Å². The summed E-state index contributed by atoms with van der Waals surface area (Å²) in [5.41, 5.74) is 1.37. The van der Waals surface area contributed by atoms with Gasteiger partial charge in [0.1, 0.15) is 18.1 Å². The average molecular weight is 361 g/mol. The van der Waals surface area contributed by atoms with E-state index in [1.807, 2.05) is 6.92 Å². The Bertz CT molecular complexity index is 739. The van der Waals surface area contributed by atoms with Crippen LogP contribution in [0.3, 0.4) is 0 Å². The van der Waals surface area contributed by atoms with Gasteiger partial charge in [0.15, 0.2) is 0 Å². The van der Waals surface area contributed by atoms with E-state index >= 15 is 0 Å². The van der Waals surface area contributed by atoms with Crippen LogP contribution in [0.4, 0.5) is 0 Å². The molecule has 140 valence electrons. The Hall–Kier alpha value is -2.38. The lowest BCUT2D eigenvalue weighted by Crippen LogP contribution is -2.63. The summed E-state index contributed by atoms with van der Waals surface area (Å²) >= 11 is 0. The van der Waals surface area contributed by atoms with E-state index in [2.05, 4.69) is 0 Å². The van der Waals surface area contributed by atoms with Crippen LogP contribution in [0, 0.1) is 11.8 Å². The number of amides is 1. The number of hydrogen-bond donors (Lipinski definition) is 2. The quantitative estimate of drug-likeness (QED) is 0.576. The van der Waals surface area contributed by atoms with Crippen LogP contribution in [0.2, 0.25) is 0 Å². The number of β-lactam (4-membered cyclic amide) rings is 1. The molecule has 2 aliphatic heterocycles. The summed E-state index contributed by atoms with van der Waals surface area (Å²) in [4.78, 5) is 26.3. The van der Waals surface area contributed by atoms with Gasteiger partial charge in [-0.2, -0.15) is 0 Å². The molecular formula is C19H23NO6. The molecule has 0 aromatic heterocycles. The van der Waals surface area contributed by atoms with E-state index in [4.69, 9.17) is 9.47 Å². The molecule has 1 amide bonds. The number of benzene rings is 1. The zero-order valence-corrected chi connectivity index (χ0v) is 15.0. The van der Waals surface area contributed by atoms with Crippen LogP contribution in [0.15, 0.2) is 35.5 Å². The molecule has 0 saturated carbocycles. The topological polar surface area (TPSA) is 96.3 Å². The smallest absolute Gasteiger partial charge is 0.355 e. The monoisotopic (exact) mass is 361 g/mol. The fourth-order valence-corrected chi connectivity index (χ4v) is 3.78. The Kier molecular flexibility index (Phi) is 5.02. The fraction of sp³-hybridized carbons (Fsp3) is 0.474. The number of aliphatic hydroxyl groups excluding tert-OH is 2. The summed E-state index contributed by atoms with van der Waals surface area (Å²) < 4.78 is 10.4. The molecule has 1 aromatic carbocycles. The molecular weight excluding hydrogens is 338 g/mol. The number of ether oxygens (including phenoxy) is 2. The van der Waals surface area contributed by atoms with Crippen LogP contribution in [0.25, 0.3) is 0 Å². The average Bonchev–Trinajstić information content (AvgIpc) is 2.88. The molecule has 1 fully saturated rings. The second-order valence-corrected chi connectivity index (χ2v) is 6.71. The summed E-state index contributed by atoms with van der Waals surface area (Å²) in [5.74, 6) is -1.01. The fourth-order valence-electron chi connectivity index (χ4n) is 3.78. The van der Waals surface area contributed by atoms with Crippen LogP contribution in [0.5, 0.6) is 5.75 Å². The first-order chi connectivity index (χ1) is 12.4. The third-order valence-electron chi connectivity index (χ3n) is 5.21. The number of aliphatic hydroxyl groups is 2. The van der Waals surface area contributed by atoms with Crippen molar-refractivity contribution >= 4 is 11.9 Å². The predicted molar refractivity (Wildman–Crippen MR) is 91.9 cm³/mol. The second kappa shape index (κ2) is 7.09. The number of methoxy groups -OCH3 is 1. The van der Waals surface area contributed by atoms with Gasteiger partial charge in [0, 0.05) is 5.92 Å². The van der Waals surface area contributed by atoms with Gasteiger partial charge in [-0.25, -0.2) is 4.79 Å². The van der Waals surface area contributed by atoms with Crippen LogP contribution in [-0.2, 0) is 20.9 Å². The number of carbonyl (C=O) groups is 2. The Morgan fingerprint density at radius 3 is 2.50 bits per heavy atom. The third-order valence-corrected chi connectivity index (χ3v) is 5.21. The van der Waals surface area contributed by atoms with Gasteiger partial charge >= 0.3 is 5.97 Å². The highest BCUT2D eigenvalue weighted by molar-refractivity contribution is 6.00. The summed E-state index contributed by atoms with van der Waals surface area (Å²) in [5, 5.41) is 19.5. The van der Waals surface area contributed by atoms with E-state index in [1.165, 1.54) is 4.90 Å². The van der Waals surface area contributed by atoms with Crippen LogP contribution in [0.1, 0.15) is 19.4 Å². The molecule has 0 unspecified atom stereocenters. The molecule has 7 nitrogen and oxygen atoms in total. The third kappa shape index (κ3) is 2.87. The van der Waals surface area contributed by atoms with Crippen molar-refractivity contribution < 1.29 is 29.3 Å². The molecule has 4 atom stereocenters. The minimum Gasteiger partial charge on any atom is -0.497 e. The standard InChI is InChI=1S/C19H23NO6/c1-10-14(8-21)17(20-16(10)15(11(2)22)18(20)23)19(24)26-9-12-4-6-13(25-3)7-5-12/h4-7,10-11,15-16,21-22H,8-9H2,1-3H3/t10-,11+,15+,16+/m0/s1. The SMILES string of the molecule is COc1ccc(COC(=O)C2=C(CO)[C@H](C)[C@@H]3[C@@H]([C@@H](C)O)C(=O)N23)cc1. The minimum atomic E-state index is -0.805. The van der Waals surface area contributed by atoms with Gasteiger partial charge in [-0.3, -0.25) is 4.79 Å². The molecule has 3 rings (SSSR count). The van der Waals surface area contributed by atoms with Crippen molar-refractivity contribution in [3.05, 3.63) is 41.1 Å². The molecule has 26 heavy (non-hydrogen) atoms. The van der Waals surface area contributed by atoms with Crippen molar-refractivity contribution in [1.29, 1.82) is 0 Å². The van der Waals surface area contributed by atoms with E-state index in [0.29, 0.717) is 11.3 Å². The zero-order valence-electron chi connectivity index (χ0n) is 15.0. The highest BCUT2D eigenvalue weighted by Gasteiger charge is 2.59. The Balaban J connectivity index is 1.74. The normalized spacial score (nSPS) is 25.7. The first kappa shape index (κ1) is 18.4. The lowest BCUT2D eigenvalue weighted by Gasteiger charge is -2.46. The summed E-state index contributed by atoms with van der Waals surface area (Å²) in [6.45, 7) is 3.12. The first-order valence-electron chi connectivity index (χ1n) is 8.55. The second-order valence-electron chi connectivity index (χ2n) is 6.71. The number of nitrogens with zero attached hydrogens (tertiary/aromatic N) is 1. The van der Waals surface area contributed by atoms with Crippen molar-refractivity contribution in [1.82, 2.24) is 4.90 Å². The molecule has 2 N–H and O–H groups in total. The maximum Gasteiger partial charge on any atom is 0.355 e. The van der Waals surface area contributed by atoms with Gasteiger partial charge in [0.25, 0.3) is 0 Å². The number of fused-ring (bicyclic) bond motifs is 1. The molecule has 1 aromatic rings. The zero-order chi connectivity index (χ0) is 19.0. The van der Waals surface area contributed by atoms with E-state index in [0.717, 1.165) is 5.56 Å². The number of hydrogen-bond acceptors (Lipinski definition) is 6. The summed E-state index contributed by atoms with van der Waals surface area (Å²) in [6.07, 6.45) is -0.805. The molecule has 0 radical (unpaired) electrons.